The molecule has 2 aromatic heterocycles. The van der Waals surface area contributed by atoms with Gasteiger partial charge in [-0.25, -0.2) is 4.79 Å². The summed E-state index contributed by atoms with van der Waals surface area (Å²) in [5.74, 6) is 0.000684. The quantitative estimate of drug-likeness (QED) is 0.526. The SMILES string of the molecule is O=C(Nc1ccccc1)N1CCC[C@H](C(=O)N(CCc2cccs2)Cc2cccs2)C1. The molecular formula is C24H27N3O2S2. The lowest BCUT2D eigenvalue weighted by Crippen LogP contribution is -2.48. The van der Waals surface area contributed by atoms with E-state index < -0.39 is 0 Å². The van der Waals surface area contributed by atoms with Crippen LogP contribution in [0.15, 0.2) is 65.4 Å². The predicted molar refractivity (Wildman–Crippen MR) is 128 cm³/mol. The molecular weight excluding hydrogens is 426 g/mol. The minimum Gasteiger partial charge on any atom is -0.337 e. The van der Waals surface area contributed by atoms with Crippen molar-refractivity contribution in [2.45, 2.75) is 25.8 Å². The molecule has 1 aromatic carbocycles. The van der Waals surface area contributed by atoms with E-state index in [0.717, 1.165) is 24.9 Å². The molecule has 1 N–H and O–H groups in total. The first kappa shape index (κ1) is 21.6. The highest BCUT2D eigenvalue weighted by atomic mass is 32.1. The summed E-state index contributed by atoms with van der Waals surface area (Å²) < 4.78 is 0. The van der Waals surface area contributed by atoms with Gasteiger partial charge in [-0.05, 0) is 54.3 Å². The number of rotatable bonds is 7. The zero-order valence-electron chi connectivity index (χ0n) is 17.4. The summed E-state index contributed by atoms with van der Waals surface area (Å²) >= 11 is 3.41. The molecule has 31 heavy (non-hydrogen) atoms. The molecule has 0 spiro atoms. The Morgan fingerprint density at radius 1 is 1.00 bits per heavy atom. The maximum Gasteiger partial charge on any atom is 0.321 e. The van der Waals surface area contributed by atoms with Gasteiger partial charge in [0.2, 0.25) is 5.91 Å². The van der Waals surface area contributed by atoms with Gasteiger partial charge in [-0.15, -0.1) is 22.7 Å². The number of amides is 3. The van der Waals surface area contributed by atoms with Gasteiger partial charge in [0, 0.05) is 35.1 Å². The average Bonchev–Trinajstić information content (AvgIpc) is 3.51. The minimum absolute atomic E-state index is 0.132. The summed E-state index contributed by atoms with van der Waals surface area (Å²) in [7, 11) is 0. The third-order valence-electron chi connectivity index (χ3n) is 5.53. The first-order chi connectivity index (χ1) is 15.2. The molecule has 5 nitrogen and oxygen atoms in total. The Kier molecular flexibility index (Phi) is 7.38. The molecule has 4 rings (SSSR count). The highest BCUT2D eigenvalue weighted by Crippen LogP contribution is 2.23. The van der Waals surface area contributed by atoms with Gasteiger partial charge in [0.1, 0.15) is 0 Å². The normalized spacial score (nSPS) is 16.1. The third-order valence-corrected chi connectivity index (χ3v) is 7.33. The Hall–Kier alpha value is -2.64. The molecule has 1 saturated heterocycles. The number of thiophene rings is 2. The Balaban J connectivity index is 1.40. The van der Waals surface area contributed by atoms with Crippen molar-refractivity contribution in [1.82, 2.24) is 9.80 Å². The van der Waals surface area contributed by atoms with E-state index in [1.165, 1.54) is 9.75 Å². The fraction of sp³-hybridized carbons (Fsp3) is 0.333. The van der Waals surface area contributed by atoms with E-state index in [1.54, 1.807) is 27.6 Å². The molecule has 1 atom stereocenters. The van der Waals surface area contributed by atoms with Gasteiger partial charge in [-0.2, -0.15) is 0 Å². The fourth-order valence-electron chi connectivity index (χ4n) is 3.90. The number of para-hydroxylation sites is 1. The summed E-state index contributed by atoms with van der Waals surface area (Å²) in [6.45, 7) is 2.48. The Morgan fingerprint density at radius 3 is 2.45 bits per heavy atom. The van der Waals surface area contributed by atoms with E-state index in [9.17, 15) is 9.59 Å². The zero-order valence-corrected chi connectivity index (χ0v) is 19.0. The van der Waals surface area contributed by atoms with E-state index in [4.69, 9.17) is 0 Å². The standard InChI is InChI=1S/C24H27N3O2S2/c28-23(26(18-22-11-6-16-31-22)14-12-21-10-5-15-30-21)19-7-4-13-27(17-19)24(29)25-20-8-2-1-3-9-20/h1-3,5-6,8-11,15-16,19H,4,7,12-14,17-18H2,(H,25,29)/t19-/m0/s1. The number of anilines is 1. The number of benzene rings is 1. The summed E-state index contributed by atoms with van der Waals surface area (Å²) in [6, 6.07) is 17.6. The number of nitrogens with zero attached hydrogens (tertiary/aromatic N) is 2. The van der Waals surface area contributed by atoms with E-state index in [1.807, 2.05) is 46.7 Å². The monoisotopic (exact) mass is 453 g/mol. The highest BCUT2D eigenvalue weighted by molar-refractivity contribution is 7.10. The maximum atomic E-state index is 13.5. The van der Waals surface area contributed by atoms with Crippen LogP contribution in [-0.4, -0.2) is 41.4 Å². The third kappa shape index (κ3) is 5.95. The second kappa shape index (κ2) is 10.6. The summed E-state index contributed by atoms with van der Waals surface area (Å²) in [5.41, 5.74) is 0.774. The van der Waals surface area contributed by atoms with Gasteiger partial charge in [-0.3, -0.25) is 4.79 Å². The van der Waals surface area contributed by atoms with Crippen LogP contribution < -0.4 is 5.32 Å². The van der Waals surface area contributed by atoms with Crippen LogP contribution in [0.25, 0.3) is 0 Å². The van der Waals surface area contributed by atoms with Crippen LogP contribution in [0.2, 0.25) is 0 Å². The summed E-state index contributed by atoms with van der Waals surface area (Å²) in [6.07, 6.45) is 2.53. The molecule has 1 aliphatic heterocycles. The van der Waals surface area contributed by atoms with Crippen LogP contribution in [0.4, 0.5) is 10.5 Å². The zero-order chi connectivity index (χ0) is 21.5. The molecule has 3 amide bonds. The van der Waals surface area contributed by atoms with E-state index in [0.29, 0.717) is 26.2 Å². The van der Waals surface area contributed by atoms with Gasteiger partial charge in [0.15, 0.2) is 0 Å². The molecule has 1 aliphatic rings. The van der Waals surface area contributed by atoms with Crippen LogP contribution in [0, 0.1) is 5.92 Å². The molecule has 3 heterocycles. The molecule has 0 aliphatic carbocycles. The van der Waals surface area contributed by atoms with Crippen molar-refractivity contribution in [1.29, 1.82) is 0 Å². The number of urea groups is 1. The van der Waals surface area contributed by atoms with Gasteiger partial charge >= 0.3 is 6.03 Å². The van der Waals surface area contributed by atoms with Gasteiger partial charge < -0.3 is 15.1 Å². The molecule has 0 radical (unpaired) electrons. The Morgan fingerprint density at radius 2 is 1.74 bits per heavy atom. The van der Waals surface area contributed by atoms with E-state index >= 15 is 0 Å². The van der Waals surface area contributed by atoms with Crippen molar-refractivity contribution in [3.63, 3.8) is 0 Å². The first-order valence-corrected chi connectivity index (χ1v) is 12.4. The van der Waals surface area contributed by atoms with Gasteiger partial charge in [0.25, 0.3) is 0 Å². The topological polar surface area (TPSA) is 52.7 Å². The van der Waals surface area contributed by atoms with Crippen molar-refractivity contribution < 1.29 is 9.59 Å². The summed E-state index contributed by atoms with van der Waals surface area (Å²) in [4.78, 5) is 32.5. The fourth-order valence-corrected chi connectivity index (χ4v) is 5.32. The van der Waals surface area contributed by atoms with Crippen molar-refractivity contribution in [3.8, 4) is 0 Å². The van der Waals surface area contributed by atoms with Crippen molar-refractivity contribution >= 4 is 40.3 Å². The van der Waals surface area contributed by atoms with Crippen LogP contribution in [-0.2, 0) is 17.8 Å². The molecule has 162 valence electrons. The molecule has 7 heteroatoms. The van der Waals surface area contributed by atoms with E-state index in [-0.39, 0.29) is 17.9 Å². The smallest absolute Gasteiger partial charge is 0.321 e. The van der Waals surface area contributed by atoms with Crippen LogP contribution in [0.3, 0.4) is 0 Å². The lowest BCUT2D eigenvalue weighted by atomic mass is 9.96. The lowest BCUT2D eigenvalue weighted by molar-refractivity contribution is -0.137. The van der Waals surface area contributed by atoms with Crippen LogP contribution >= 0.6 is 22.7 Å². The number of hydrogen-bond donors (Lipinski definition) is 1. The molecule has 1 fully saturated rings. The van der Waals surface area contributed by atoms with Crippen molar-refractivity contribution in [2.24, 2.45) is 5.92 Å². The van der Waals surface area contributed by atoms with Crippen LogP contribution in [0.1, 0.15) is 22.6 Å². The second-order valence-corrected chi connectivity index (χ2v) is 9.81. The highest BCUT2D eigenvalue weighted by Gasteiger charge is 2.31. The Bertz CT molecular complexity index is 958. The number of hydrogen-bond acceptors (Lipinski definition) is 4. The van der Waals surface area contributed by atoms with Gasteiger partial charge in [-0.1, -0.05) is 30.3 Å². The second-order valence-electron chi connectivity index (χ2n) is 7.75. The van der Waals surface area contributed by atoms with Crippen molar-refractivity contribution in [2.75, 3.05) is 25.0 Å². The molecule has 0 bridgehead atoms. The number of carbonyl (C=O) groups excluding carboxylic acids is 2. The van der Waals surface area contributed by atoms with E-state index in [2.05, 4.69) is 28.9 Å². The Labute approximate surface area is 191 Å². The molecule has 0 saturated carbocycles. The lowest BCUT2D eigenvalue weighted by Gasteiger charge is -2.35. The maximum absolute atomic E-state index is 13.5. The van der Waals surface area contributed by atoms with Gasteiger partial charge in [0.05, 0.1) is 12.5 Å². The number of carbonyl (C=O) groups is 2. The molecule has 0 unspecified atom stereocenters. The number of piperidine rings is 1. The average molecular weight is 454 g/mol. The predicted octanol–water partition coefficient (Wildman–Crippen LogP) is 5.33. The molecule has 3 aromatic rings. The number of likely N-dealkylation sites (tertiary alicyclic amines) is 1. The minimum atomic E-state index is -0.154. The summed E-state index contributed by atoms with van der Waals surface area (Å²) in [5, 5.41) is 7.07. The van der Waals surface area contributed by atoms with Crippen LogP contribution in [0.5, 0.6) is 0 Å². The number of nitrogens with one attached hydrogen (secondary N) is 1. The first-order valence-electron chi connectivity index (χ1n) is 10.6. The van der Waals surface area contributed by atoms with Crippen molar-refractivity contribution in [3.05, 3.63) is 75.1 Å². The largest absolute Gasteiger partial charge is 0.337 e.